The molecule has 0 amide bonds. The molecule has 2 N–H and O–H groups in total. The molecular formula is C8H11NO2. The lowest BCUT2D eigenvalue weighted by Crippen LogP contribution is -2.29. The molecule has 2 atom stereocenters. The molecular weight excluding hydrogens is 142 g/mol. The number of nitrogens with two attached hydrogens (primary N) is 1. The van der Waals surface area contributed by atoms with E-state index in [2.05, 4.69) is 0 Å². The van der Waals surface area contributed by atoms with E-state index >= 15 is 0 Å². The molecule has 0 aromatic heterocycles. The number of methoxy groups -OCH3 is 1. The third-order valence-electron chi connectivity index (χ3n) is 1.68. The van der Waals surface area contributed by atoms with Crippen molar-refractivity contribution in [2.75, 3.05) is 7.11 Å². The zero-order chi connectivity index (χ0) is 8.27. The first-order valence-electron chi connectivity index (χ1n) is 3.43. The van der Waals surface area contributed by atoms with Gasteiger partial charge < -0.3 is 15.3 Å². The van der Waals surface area contributed by atoms with Gasteiger partial charge in [-0.2, -0.15) is 0 Å². The molecule has 0 saturated carbocycles. The van der Waals surface area contributed by atoms with E-state index in [1.807, 2.05) is 0 Å². The minimum atomic E-state index is -0.243. The van der Waals surface area contributed by atoms with E-state index in [0.717, 1.165) is 12.0 Å². The quantitative estimate of drug-likeness (QED) is 0.578. The lowest BCUT2D eigenvalue weighted by atomic mass is 9.97. The van der Waals surface area contributed by atoms with Crippen molar-refractivity contribution >= 4 is 6.29 Å². The minimum Gasteiger partial charge on any atom is -0.497 e. The highest BCUT2D eigenvalue weighted by atomic mass is 16.5. The lowest BCUT2D eigenvalue weighted by molar-refractivity contribution is -0.110. The molecule has 0 heterocycles. The predicted octanol–water partition coefficient (Wildman–Crippen LogP) is 0.229. The van der Waals surface area contributed by atoms with Crippen LogP contribution in [-0.4, -0.2) is 19.4 Å². The smallest absolute Gasteiger partial charge is 0.128 e. The van der Waals surface area contributed by atoms with Crippen LogP contribution in [0.1, 0.15) is 0 Å². The minimum absolute atomic E-state index is 0.200. The zero-order valence-corrected chi connectivity index (χ0v) is 6.36. The Morgan fingerprint density at radius 2 is 2.45 bits per heavy atom. The van der Waals surface area contributed by atoms with Crippen LogP contribution in [0.2, 0.25) is 0 Å². The molecule has 0 aromatic carbocycles. The number of allylic oxidation sites excluding steroid dienone is 1. The molecule has 0 fully saturated rings. The van der Waals surface area contributed by atoms with E-state index in [-0.39, 0.29) is 12.0 Å². The lowest BCUT2D eigenvalue weighted by Gasteiger charge is -2.16. The number of hydrogen-bond donors (Lipinski definition) is 1. The van der Waals surface area contributed by atoms with Gasteiger partial charge >= 0.3 is 0 Å². The number of carbonyl (C=O) groups is 1. The first kappa shape index (κ1) is 8.01. The Kier molecular flexibility index (Phi) is 2.44. The van der Waals surface area contributed by atoms with Gasteiger partial charge in [-0.3, -0.25) is 0 Å². The molecule has 60 valence electrons. The van der Waals surface area contributed by atoms with Crippen molar-refractivity contribution in [3.05, 3.63) is 24.0 Å². The fourth-order valence-corrected chi connectivity index (χ4v) is 0.963. The van der Waals surface area contributed by atoms with Crippen LogP contribution < -0.4 is 5.73 Å². The number of ether oxygens (including phenoxy) is 1. The topological polar surface area (TPSA) is 52.3 Å². The van der Waals surface area contributed by atoms with E-state index in [1.54, 1.807) is 25.3 Å². The van der Waals surface area contributed by atoms with Crippen LogP contribution in [0, 0.1) is 5.92 Å². The van der Waals surface area contributed by atoms with Gasteiger partial charge in [0, 0.05) is 6.04 Å². The van der Waals surface area contributed by atoms with Gasteiger partial charge in [0.1, 0.15) is 12.0 Å². The van der Waals surface area contributed by atoms with Crippen LogP contribution in [0.5, 0.6) is 0 Å². The normalized spacial score (nSPS) is 29.5. The van der Waals surface area contributed by atoms with Crippen molar-refractivity contribution in [2.45, 2.75) is 6.04 Å². The van der Waals surface area contributed by atoms with Gasteiger partial charge in [-0.25, -0.2) is 0 Å². The first-order valence-corrected chi connectivity index (χ1v) is 3.43. The molecule has 3 nitrogen and oxygen atoms in total. The highest BCUT2D eigenvalue weighted by Crippen LogP contribution is 2.13. The molecule has 1 rings (SSSR count). The standard InChI is InChI=1S/C8H11NO2/c1-11-7-3-2-6(5-10)8(9)4-7/h2-6,8H,9H2,1H3. The zero-order valence-electron chi connectivity index (χ0n) is 6.36. The van der Waals surface area contributed by atoms with Crippen molar-refractivity contribution in [1.29, 1.82) is 0 Å². The number of hydrogen-bond acceptors (Lipinski definition) is 3. The van der Waals surface area contributed by atoms with E-state index in [9.17, 15) is 4.79 Å². The molecule has 2 unspecified atom stereocenters. The Morgan fingerprint density at radius 3 is 2.91 bits per heavy atom. The van der Waals surface area contributed by atoms with Crippen LogP contribution in [0.15, 0.2) is 24.0 Å². The first-order chi connectivity index (χ1) is 5.27. The Morgan fingerprint density at radius 1 is 1.73 bits per heavy atom. The second kappa shape index (κ2) is 3.34. The monoisotopic (exact) mass is 153 g/mol. The molecule has 1 aliphatic carbocycles. The molecule has 0 bridgehead atoms. The van der Waals surface area contributed by atoms with Crippen molar-refractivity contribution < 1.29 is 9.53 Å². The van der Waals surface area contributed by atoms with Gasteiger partial charge in [0.05, 0.1) is 13.0 Å². The Hall–Kier alpha value is -1.09. The summed E-state index contributed by atoms with van der Waals surface area (Å²) in [5.74, 6) is 0.518. The van der Waals surface area contributed by atoms with E-state index in [0.29, 0.717) is 0 Å². The molecule has 0 aliphatic heterocycles. The molecule has 1 aliphatic rings. The number of carbonyl (C=O) groups excluding carboxylic acids is 1. The number of aldehydes is 1. The van der Waals surface area contributed by atoms with Gasteiger partial charge in [-0.05, 0) is 12.2 Å². The summed E-state index contributed by atoms with van der Waals surface area (Å²) in [4.78, 5) is 10.4. The summed E-state index contributed by atoms with van der Waals surface area (Å²) in [6, 6.07) is -0.243. The van der Waals surface area contributed by atoms with Gasteiger partial charge in [0.2, 0.25) is 0 Å². The second-order valence-corrected chi connectivity index (χ2v) is 2.42. The SMILES string of the molecule is COC1=CC(N)C(C=O)C=C1. The highest BCUT2D eigenvalue weighted by Gasteiger charge is 2.16. The van der Waals surface area contributed by atoms with Crippen LogP contribution in [0.3, 0.4) is 0 Å². The summed E-state index contributed by atoms with van der Waals surface area (Å²) in [5, 5.41) is 0. The summed E-state index contributed by atoms with van der Waals surface area (Å²) >= 11 is 0. The predicted molar refractivity (Wildman–Crippen MR) is 41.8 cm³/mol. The average molecular weight is 153 g/mol. The summed E-state index contributed by atoms with van der Waals surface area (Å²) < 4.78 is 4.93. The van der Waals surface area contributed by atoms with Crippen molar-refractivity contribution in [1.82, 2.24) is 0 Å². The molecule has 11 heavy (non-hydrogen) atoms. The fourth-order valence-electron chi connectivity index (χ4n) is 0.963. The molecule has 0 aromatic rings. The Balaban J connectivity index is 2.70. The maximum Gasteiger partial charge on any atom is 0.128 e. The summed E-state index contributed by atoms with van der Waals surface area (Å²) in [6.45, 7) is 0. The maximum absolute atomic E-state index is 10.4. The van der Waals surface area contributed by atoms with Gasteiger partial charge in [-0.15, -0.1) is 0 Å². The van der Waals surface area contributed by atoms with E-state index in [1.165, 1.54) is 0 Å². The molecule has 0 spiro atoms. The molecule has 3 heteroatoms. The largest absolute Gasteiger partial charge is 0.497 e. The summed E-state index contributed by atoms with van der Waals surface area (Å²) in [7, 11) is 1.57. The molecule has 0 radical (unpaired) electrons. The van der Waals surface area contributed by atoms with Crippen LogP contribution in [0.25, 0.3) is 0 Å². The van der Waals surface area contributed by atoms with Crippen LogP contribution in [-0.2, 0) is 9.53 Å². The van der Waals surface area contributed by atoms with E-state index < -0.39 is 0 Å². The van der Waals surface area contributed by atoms with Gasteiger partial charge in [0.15, 0.2) is 0 Å². The van der Waals surface area contributed by atoms with Crippen molar-refractivity contribution in [3.8, 4) is 0 Å². The van der Waals surface area contributed by atoms with Crippen molar-refractivity contribution in [2.24, 2.45) is 11.7 Å². The second-order valence-electron chi connectivity index (χ2n) is 2.42. The Bertz CT molecular complexity index is 208. The van der Waals surface area contributed by atoms with Crippen LogP contribution in [0.4, 0.5) is 0 Å². The van der Waals surface area contributed by atoms with Crippen LogP contribution >= 0.6 is 0 Å². The van der Waals surface area contributed by atoms with Gasteiger partial charge in [-0.1, -0.05) is 6.08 Å². The Labute approximate surface area is 65.5 Å². The summed E-state index contributed by atoms with van der Waals surface area (Å²) in [5.41, 5.74) is 5.62. The third kappa shape index (κ3) is 1.68. The van der Waals surface area contributed by atoms with E-state index in [4.69, 9.17) is 10.5 Å². The fraction of sp³-hybridized carbons (Fsp3) is 0.375. The molecule has 0 saturated heterocycles. The number of rotatable bonds is 2. The maximum atomic E-state index is 10.4. The summed E-state index contributed by atoms with van der Waals surface area (Å²) in [6.07, 6.45) is 6.07. The van der Waals surface area contributed by atoms with Crippen molar-refractivity contribution in [3.63, 3.8) is 0 Å². The average Bonchev–Trinajstić information content (AvgIpc) is 2.04. The van der Waals surface area contributed by atoms with Gasteiger partial charge in [0.25, 0.3) is 0 Å². The highest BCUT2D eigenvalue weighted by molar-refractivity contribution is 5.60. The third-order valence-corrected chi connectivity index (χ3v) is 1.68.